The predicted octanol–water partition coefficient (Wildman–Crippen LogP) is 10.3. The Morgan fingerprint density at radius 2 is 0.977 bits per heavy atom. The van der Waals surface area contributed by atoms with Crippen LogP contribution in [-0.2, 0) is 10.8 Å². The SMILES string of the molecule is CC(C)(C)c1ccc2c(-c3cccc(-c4cccc5ccc(-c6ncnc7cc(C(C)(C)C)ccc67)cc45)c3)ncnc2c1. The molecule has 44 heavy (non-hydrogen) atoms. The summed E-state index contributed by atoms with van der Waals surface area (Å²) in [6, 6.07) is 34.9. The van der Waals surface area contributed by atoms with Crippen LogP contribution >= 0.6 is 0 Å². The van der Waals surface area contributed by atoms with Gasteiger partial charge >= 0.3 is 0 Å². The van der Waals surface area contributed by atoms with E-state index in [2.05, 4.69) is 149 Å². The molecule has 0 atom stereocenters. The van der Waals surface area contributed by atoms with Gasteiger partial charge in [-0.15, -0.1) is 0 Å². The summed E-state index contributed by atoms with van der Waals surface area (Å²) in [6.45, 7) is 13.4. The van der Waals surface area contributed by atoms with Crippen molar-refractivity contribution in [2.75, 3.05) is 0 Å². The summed E-state index contributed by atoms with van der Waals surface area (Å²) in [4.78, 5) is 18.7. The zero-order valence-corrected chi connectivity index (χ0v) is 26.2. The van der Waals surface area contributed by atoms with E-state index in [1.165, 1.54) is 27.5 Å². The number of hydrogen-bond donors (Lipinski definition) is 0. The maximum absolute atomic E-state index is 4.76. The zero-order chi connectivity index (χ0) is 30.6. The van der Waals surface area contributed by atoms with Gasteiger partial charge in [-0.2, -0.15) is 0 Å². The minimum absolute atomic E-state index is 0.0547. The van der Waals surface area contributed by atoms with Crippen molar-refractivity contribution < 1.29 is 0 Å². The van der Waals surface area contributed by atoms with Crippen LogP contribution in [0.15, 0.2) is 110 Å². The van der Waals surface area contributed by atoms with Gasteiger partial charge in [-0.3, -0.25) is 0 Å². The second-order valence-electron chi connectivity index (χ2n) is 13.7. The number of benzene rings is 5. The molecule has 0 aliphatic carbocycles. The molecule has 0 amide bonds. The van der Waals surface area contributed by atoms with E-state index in [9.17, 15) is 0 Å². The van der Waals surface area contributed by atoms with Crippen LogP contribution in [0.2, 0.25) is 0 Å². The molecule has 2 aromatic heterocycles. The normalized spacial score (nSPS) is 12.3. The first kappa shape index (κ1) is 27.8. The lowest BCUT2D eigenvalue weighted by molar-refractivity contribution is 0.590. The first-order valence-corrected chi connectivity index (χ1v) is 15.2. The van der Waals surface area contributed by atoms with E-state index in [1.807, 2.05) is 0 Å². The van der Waals surface area contributed by atoms with Crippen molar-refractivity contribution in [1.82, 2.24) is 19.9 Å². The largest absolute Gasteiger partial charge is 0.236 e. The smallest absolute Gasteiger partial charge is 0.116 e. The minimum Gasteiger partial charge on any atom is -0.236 e. The van der Waals surface area contributed by atoms with E-state index < -0.39 is 0 Å². The van der Waals surface area contributed by atoms with Crippen molar-refractivity contribution >= 4 is 32.6 Å². The summed E-state index contributed by atoms with van der Waals surface area (Å²) in [7, 11) is 0. The Kier molecular flexibility index (Phi) is 6.55. The molecule has 0 saturated heterocycles. The van der Waals surface area contributed by atoms with Gasteiger partial charge in [0.2, 0.25) is 0 Å². The summed E-state index contributed by atoms with van der Waals surface area (Å²) in [5.74, 6) is 0. The molecular formula is C40H36N4. The summed E-state index contributed by atoms with van der Waals surface area (Å²) < 4.78 is 0. The molecule has 0 unspecified atom stereocenters. The number of hydrogen-bond acceptors (Lipinski definition) is 4. The molecule has 0 aliphatic heterocycles. The van der Waals surface area contributed by atoms with Crippen LogP contribution in [0.5, 0.6) is 0 Å². The van der Waals surface area contributed by atoms with E-state index in [1.54, 1.807) is 12.7 Å². The molecule has 0 saturated carbocycles. The van der Waals surface area contributed by atoms with Crippen molar-refractivity contribution in [2.45, 2.75) is 52.4 Å². The Morgan fingerprint density at radius 1 is 0.432 bits per heavy atom. The highest BCUT2D eigenvalue weighted by Gasteiger charge is 2.18. The third-order valence-corrected chi connectivity index (χ3v) is 8.61. The van der Waals surface area contributed by atoms with Gasteiger partial charge in [-0.1, -0.05) is 114 Å². The molecule has 216 valence electrons. The van der Waals surface area contributed by atoms with E-state index in [0.717, 1.165) is 49.9 Å². The van der Waals surface area contributed by atoms with Gasteiger partial charge in [-0.25, -0.2) is 19.9 Å². The highest BCUT2D eigenvalue weighted by atomic mass is 14.8. The van der Waals surface area contributed by atoms with Crippen LogP contribution in [-0.4, -0.2) is 19.9 Å². The van der Waals surface area contributed by atoms with Crippen molar-refractivity contribution in [2.24, 2.45) is 0 Å². The van der Waals surface area contributed by atoms with Gasteiger partial charge < -0.3 is 0 Å². The van der Waals surface area contributed by atoms with Crippen LogP contribution in [0.1, 0.15) is 52.7 Å². The fraction of sp³-hybridized carbons (Fsp3) is 0.200. The Morgan fingerprint density at radius 3 is 1.57 bits per heavy atom. The van der Waals surface area contributed by atoms with Gasteiger partial charge in [0.15, 0.2) is 0 Å². The van der Waals surface area contributed by atoms with Crippen LogP contribution in [0, 0.1) is 0 Å². The lowest BCUT2D eigenvalue weighted by Crippen LogP contribution is -2.10. The second kappa shape index (κ2) is 10.3. The number of rotatable bonds is 3. The Hall–Kier alpha value is -4.96. The van der Waals surface area contributed by atoms with Gasteiger partial charge in [-0.05, 0) is 68.1 Å². The third-order valence-electron chi connectivity index (χ3n) is 8.61. The fourth-order valence-corrected chi connectivity index (χ4v) is 6.01. The van der Waals surface area contributed by atoms with Crippen LogP contribution < -0.4 is 0 Å². The lowest BCUT2D eigenvalue weighted by Gasteiger charge is -2.19. The first-order chi connectivity index (χ1) is 21.1. The predicted molar refractivity (Wildman–Crippen MR) is 184 cm³/mol. The molecule has 0 radical (unpaired) electrons. The van der Waals surface area contributed by atoms with E-state index >= 15 is 0 Å². The standard InChI is InChI=1S/C40H36N4/c1-39(2,3)29-15-17-32-35(21-29)41-23-43-37(32)27-11-7-10-26(19-27)31-12-8-9-25-13-14-28(20-34(25)31)38-33-18-16-30(40(4,5)6)22-36(33)42-24-44-38/h7-24H,1-6H3. The topological polar surface area (TPSA) is 51.6 Å². The van der Waals surface area contributed by atoms with Crippen molar-refractivity contribution in [3.8, 4) is 33.6 Å². The summed E-state index contributed by atoms with van der Waals surface area (Å²) in [5.41, 5.74) is 10.9. The molecular weight excluding hydrogens is 536 g/mol. The highest BCUT2D eigenvalue weighted by molar-refractivity contribution is 6.02. The van der Waals surface area contributed by atoms with Gasteiger partial charge in [0.1, 0.15) is 12.7 Å². The molecule has 0 spiro atoms. The average molecular weight is 573 g/mol. The molecule has 4 nitrogen and oxygen atoms in total. The summed E-state index contributed by atoms with van der Waals surface area (Å²) in [6.07, 6.45) is 3.36. The molecule has 0 fully saturated rings. The number of aromatic nitrogens is 4. The van der Waals surface area contributed by atoms with Crippen LogP contribution in [0.25, 0.3) is 66.2 Å². The summed E-state index contributed by atoms with van der Waals surface area (Å²) in [5, 5.41) is 4.49. The van der Waals surface area contributed by atoms with Crippen molar-refractivity contribution in [3.63, 3.8) is 0 Å². The molecule has 0 aliphatic rings. The van der Waals surface area contributed by atoms with Crippen molar-refractivity contribution in [1.29, 1.82) is 0 Å². The molecule has 4 heteroatoms. The fourth-order valence-electron chi connectivity index (χ4n) is 6.01. The highest BCUT2D eigenvalue weighted by Crippen LogP contribution is 2.37. The third kappa shape index (κ3) is 5.01. The Bertz CT molecular complexity index is 2200. The van der Waals surface area contributed by atoms with E-state index in [0.29, 0.717) is 0 Å². The number of nitrogens with zero attached hydrogens (tertiary/aromatic N) is 4. The molecule has 7 rings (SSSR count). The van der Waals surface area contributed by atoms with E-state index in [-0.39, 0.29) is 10.8 Å². The summed E-state index contributed by atoms with van der Waals surface area (Å²) >= 11 is 0. The van der Waals surface area contributed by atoms with Gasteiger partial charge in [0, 0.05) is 21.9 Å². The maximum atomic E-state index is 4.76. The molecule has 0 N–H and O–H groups in total. The number of fused-ring (bicyclic) bond motifs is 3. The van der Waals surface area contributed by atoms with Crippen LogP contribution in [0.3, 0.4) is 0 Å². The second-order valence-corrected chi connectivity index (χ2v) is 13.7. The molecule has 2 heterocycles. The van der Waals surface area contributed by atoms with Crippen molar-refractivity contribution in [3.05, 3.63) is 121 Å². The monoisotopic (exact) mass is 572 g/mol. The Balaban J connectivity index is 1.34. The minimum atomic E-state index is 0.0547. The zero-order valence-electron chi connectivity index (χ0n) is 26.2. The molecule has 5 aromatic carbocycles. The van der Waals surface area contributed by atoms with Gasteiger partial charge in [0.25, 0.3) is 0 Å². The van der Waals surface area contributed by atoms with Gasteiger partial charge in [0.05, 0.1) is 22.4 Å². The lowest BCUT2D eigenvalue weighted by atomic mass is 9.86. The Labute approximate surface area is 258 Å². The molecule has 7 aromatic rings. The molecule has 0 bridgehead atoms. The average Bonchev–Trinajstić information content (AvgIpc) is 3.02. The quantitative estimate of drug-likeness (QED) is 0.211. The van der Waals surface area contributed by atoms with Crippen LogP contribution in [0.4, 0.5) is 0 Å². The van der Waals surface area contributed by atoms with E-state index in [4.69, 9.17) is 9.97 Å². The maximum Gasteiger partial charge on any atom is 0.116 e. The first-order valence-electron chi connectivity index (χ1n) is 15.2.